The minimum atomic E-state index is -0.256. The number of halogens is 3. The molecular formula is C42H59ClF2N8O3. The third-order valence-electron chi connectivity index (χ3n) is 10.7. The maximum Gasteiger partial charge on any atom is 0.308 e. The molecule has 0 spiro atoms. The smallest absolute Gasteiger partial charge is 0.308 e. The maximum absolute atomic E-state index is 13.3. The number of aromatic nitrogens is 4. The second-order valence-electron chi connectivity index (χ2n) is 15.0. The molecule has 1 N–H and O–H groups in total. The van der Waals surface area contributed by atoms with E-state index in [4.69, 9.17) is 14.9 Å². The van der Waals surface area contributed by atoms with Gasteiger partial charge in [0.15, 0.2) is 11.6 Å². The zero-order valence-corrected chi connectivity index (χ0v) is 33.5. The lowest BCUT2D eigenvalue weighted by Gasteiger charge is -2.31. The Hall–Kier alpha value is -4.49. The molecule has 2 aromatic carbocycles. The van der Waals surface area contributed by atoms with E-state index in [1.54, 1.807) is 12.1 Å². The number of anilines is 2. The van der Waals surface area contributed by atoms with Gasteiger partial charge >= 0.3 is 5.97 Å². The first kappa shape index (κ1) is 44.2. The van der Waals surface area contributed by atoms with Gasteiger partial charge in [0.2, 0.25) is 5.91 Å². The lowest BCUT2D eigenvalue weighted by atomic mass is 9.80. The van der Waals surface area contributed by atoms with Gasteiger partial charge in [0.1, 0.15) is 11.6 Å². The minimum Gasteiger partial charge on any atom is -0.466 e. The van der Waals surface area contributed by atoms with Gasteiger partial charge in [-0.15, -0.1) is 12.4 Å². The summed E-state index contributed by atoms with van der Waals surface area (Å²) in [7, 11) is 8.00. The summed E-state index contributed by atoms with van der Waals surface area (Å²) in [4.78, 5) is 31.2. The molecule has 4 heterocycles. The topological polar surface area (TPSA) is 101 Å². The number of nitrogens with zero attached hydrogens (tertiary/aromatic N) is 7. The summed E-state index contributed by atoms with van der Waals surface area (Å²) in [6, 6.07) is 13.1. The van der Waals surface area contributed by atoms with Crippen LogP contribution in [0.25, 0.3) is 0 Å². The number of hydrogen-bond donors (Lipinski definition) is 1. The Morgan fingerprint density at radius 1 is 0.804 bits per heavy atom. The number of amides is 1. The van der Waals surface area contributed by atoms with E-state index in [0.717, 1.165) is 80.1 Å². The first-order valence-corrected chi connectivity index (χ1v) is 19.2. The molecule has 56 heavy (non-hydrogen) atoms. The van der Waals surface area contributed by atoms with Gasteiger partial charge in [0, 0.05) is 58.8 Å². The number of hydrogen-bond acceptors (Lipinski definition) is 8. The number of rotatable bonds is 10. The molecule has 2 aromatic heterocycles. The molecule has 1 saturated carbocycles. The van der Waals surface area contributed by atoms with Crippen molar-refractivity contribution in [2.45, 2.75) is 85.5 Å². The van der Waals surface area contributed by atoms with Crippen LogP contribution in [0.3, 0.4) is 0 Å². The fraction of sp³-hybridized carbons (Fsp3) is 0.524. The summed E-state index contributed by atoms with van der Waals surface area (Å²) in [6.45, 7) is 6.53. The van der Waals surface area contributed by atoms with Crippen molar-refractivity contribution in [2.24, 2.45) is 11.8 Å². The van der Waals surface area contributed by atoms with E-state index >= 15 is 0 Å². The number of esters is 1. The molecule has 14 heteroatoms. The highest BCUT2D eigenvalue weighted by atomic mass is 35.5. The molecule has 306 valence electrons. The summed E-state index contributed by atoms with van der Waals surface area (Å²) in [5, 5.41) is 12.9. The minimum absolute atomic E-state index is 0. The Morgan fingerprint density at radius 3 is 1.84 bits per heavy atom. The number of ether oxygens (including phenoxy) is 1. The zero-order chi connectivity index (χ0) is 38.4. The third kappa shape index (κ3) is 10.7. The van der Waals surface area contributed by atoms with Crippen LogP contribution in [0.1, 0.15) is 80.1 Å². The predicted octanol–water partition coefficient (Wildman–Crippen LogP) is 6.62. The van der Waals surface area contributed by atoms with Crippen molar-refractivity contribution in [2.75, 3.05) is 57.7 Å². The Bertz CT molecular complexity index is 1890. The molecule has 1 aliphatic carbocycles. The molecule has 1 amide bonds. The molecule has 0 bridgehead atoms. The van der Waals surface area contributed by atoms with Crippen molar-refractivity contribution >= 4 is 35.9 Å². The summed E-state index contributed by atoms with van der Waals surface area (Å²) in [6.07, 6.45) is 5.69. The Labute approximate surface area is 336 Å². The highest BCUT2D eigenvalue weighted by molar-refractivity contribution is 5.85. The van der Waals surface area contributed by atoms with Crippen LogP contribution in [-0.4, -0.2) is 84.2 Å². The molecule has 3 aliphatic rings. The molecule has 0 saturated heterocycles. The van der Waals surface area contributed by atoms with Crippen molar-refractivity contribution in [3.05, 3.63) is 93.8 Å². The monoisotopic (exact) mass is 796 g/mol. The fourth-order valence-corrected chi connectivity index (χ4v) is 7.81. The maximum atomic E-state index is 13.3. The molecule has 0 radical (unpaired) electrons. The molecule has 0 unspecified atom stereocenters. The van der Waals surface area contributed by atoms with Crippen molar-refractivity contribution in [3.63, 3.8) is 0 Å². The molecule has 4 aromatic rings. The summed E-state index contributed by atoms with van der Waals surface area (Å²) >= 11 is 0. The van der Waals surface area contributed by atoms with Crippen LogP contribution < -0.4 is 15.1 Å². The largest absolute Gasteiger partial charge is 0.466 e. The average Bonchev–Trinajstić information content (AvgIpc) is 3.72. The molecule has 0 atom stereocenters. The zero-order valence-electron chi connectivity index (χ0n) is 32.7. The standard InChI is InChI=1S/C26H35FN4O3.C15H19FN4.CH4.ClH/c1-4-34-26(33)20-9-5-18(6-10-20)15-24(32)30-14-13-22-23(17-30)31(28-25(22)29(2)3)16-19-7-11-21(27)12-8-19;1-19(2)15-13-7-8-17-9-14(13)20(18-15)10-11-3-5-12(16)6-4-11;;/h7-8,11-12,18,20H,4-6,9-10,13-17H2,1-3H3;3-6,17H,7-10H2,1-2H3;1H4;1H. The second-order valence-corrected chi connectivity index (χ2v) is 15.0. The third-order valence-corrected chi connectivity index (χ3v) is 10.7. The van der Waals surface area contributed by atoms with E-state index in [9.17, 15) is 18.4 Å². The molecular weight excluding hydrogens is 738 g/mol. The molecule has 7 rings (SSSR count). The number of carbonyl (C=O) groups excluding carboxylic acids is 2. The van der Waals surface area contributed by atoms with Crippen LogP contribution in [0.4, 0.5) is 20.4 Å². The first-order chi connectivity index (χ1) is 26.0. The highest BCUT2D eigenvalue weighted by Crippen LogP contribution is 2.34. The summed E-state index contributed by atoms with van der Waals surface area (Å²) < 4.78 is 35.5. The van der Waals surface area contributed by atoms with Crippen LogP contribution >= 0.6 is 12.4 Å². The SMILES string of the molecule is C.CCOC(=O)C1CCC(CC(=O)N2CCc3c(N(C)C)nn(Cc4ccc(F)cc4)c3C2)CC1.CN(C)c1nn(Cc2ccc(F)cc2)c2c1CCNC2.Cl. The van der Waals surface area contributed by atoms with E-state index < -0.39 is 0 Å². The molecule has 11 nitrogen and oxygen atoms in total. The van der Waals surface area contributed by atoms with Gasteiger partial charge in [-0.1, -0.05) is 31.7 Å². The van der Waals surface area contributed by atoms with E-state index in [0.29, 0.717) is 45.1 Å². The van der Waals surface area contributed by atoms with Crippen LogP contribution in [0.2, 0.25) is 0 Å². The van der Waals surface area contributed by atoms with Gasteiger partial charge in [-0.2, -0.15) is 10.2 Å². The van der Waals surface area contributed by atoms with Crippen molar-refractivity contribution < 1.29 is 23.1 Å². The Morgan fingerprint density at radius 2 is 1.32 bits per heavy atom. The van der Waals surface area contributed by atoms with Crippen molar-refractivity contribution in [3.8, 4) is 0 Å². The number of benzene rings is 2. The van der Waals surface area contributed by atoms with E-state index in [-0.39, 0.29) is 49.3 Å². The summed E-state index contributed by atoms with van der Waals surface area (Å²) in [5.41, 5.74) is 6.84. The van der Waals surface area contributed by atoms with Crippen LogP contribution in [0.5, 0.6) is 0 Å². The normalized spacial score (nSPS) is 17.2. The Kier molecular flexibility index (Phi) is 15.9. The van der Waals surface area contributed by atoms with Gasteiger partial charge in [-0.25, -0.2) is 8.78 Å². The quantitative estimate of drug-likeness (QED) is 0.179. The molecule has 1 fully saturated rings. The van der Waals surface area contributed by atoms with Gasteiger partial charge < -0.3 is 24.8 Å². The van der Waals surface area contributed by atoms with Gasteiger partial charge in [-0.05, 0) is 93.3 Å². The van der Waals surface area contributed by atoms with Crippen molar-refractivity contribution in [1.82, 2.24) is 29.8 Å². The average molecular weight is 797 g/mol. The van der Waals surface area contributed by atoms with E-state index in [1.807, 2.05) is 66.4 Å². The highest BCUT2D eigenvalue weighted by Gasteiger charge is 2.32. The Balaban J connectivity index is 0.000000271. The van der Waals surface area contributed by atoms with Crippen molar-refractivity contribution in [1.29, 1.82) is 0 Å². The van der Waals surface area contributed by atoms with Gasteiger partial charge in [-0.3, -0.25) is 19.0 Å². The molecule has 2 aliphatic heterocycles. The van der Waals surface area contributed by atoms with Gasteiger partial charge in [0.05, 0.1) is 43.5 Å². The van der Waals surface area contributed by atoms with Crippen LogP contribution in [0, 0.1) is 23.5 Å². The van der Waals surface area contributed by atoms with Crippen LogP contribution in [-0.2, 0) is 53.3 Å². The van der Waals surface area contributed by atoms with E-state index in [2.05, 4.69) is 10.2 Å². The lowest BCUT2D eigenvalue weighted by Crippen LogP contribution is -2.38. The number of nitrogens with one attached hydrogen (secondary N) is 1. The fourth-order valence-electron chi connectivity index (χ4n) is 7.81. The lowest BCUT2D eigenvalue weighted by molar-refractivity contribution is -0.149. The van der Waals surface area contributed by atoms with Gasteiger partial charge in [0.25, 0.3) is 0 Å². The second kappa shape index (κ2) is 20.1. The van der Waals surface area contributed by atoms with Crippen LogP contribution in [0.15, 0.2) is 48.5 Å². The number of fused-ring (bicyclic) bond motifs is 2. The predicted molar refractivity (Wildman–Crippen MR) is 219 cm³/mol. The van der Waals surface area contributed by atoms with E-state index in [1.165, 1.54) is 41.1 Å². The summed E-state index contributed by atoms with van der Waals surface area (Å²) in [5.74, 6) is 1.90. The first-order valence-electron chi connectivity index (χ1n) is 19.2. The number of carbonyl (C=O) groups is 2.